The molecule has 1 N–H and O–H groups in total. The molecule has 0 aliphatic rings. The number of aryl methyl sites for hydroxylation is 1. The molecule has 0 aliphatic heterocycles. The van der Waals surface area contributed by atoms with Gasteiger partial charge in [0.05, 0.1) is 22.9 Å². The SMILES string of the molecule is CCOC(=O)c1ccc(NC(=O)COc2ccc(Br)c(C)c2)c(Cl)c1. The maximum Gasteiger partial charge on any atom is 0.338 e. The van der Waals surface area contributed by atoms with Gasteiger partial charge in [-0.15, -0.1) is 0 Å². The van der Waals surface area contributed by atoms with Crippen molar-refractivity contribution in [1.29, 1.82) is 0 Å². The summed E-state index contributed by atoms with van der Waals surface area (Å²) in [5.74, 6) is -0.220. The number of hydrogen-bond donors (Lipinski definition) is 1. The molecule has 132 valence electrons. The van der Waals surface area contributed by atoms with Gasteiger partial charge < -0.3 is 14.8 Å². The van der Waals surface area contributed by atoms with Crippen molar-refractivity contribution < 1.29 is 19.1 Å². The van der Waals surface area contributed by atoms with Gasteiger partial charge >= 0.3 is 5.97 Å². The number of amides is 1. The molecule has 0 unspecified atom stereocenters. The third-order valence-corrected chi connectivity index (χ3v) is 4.46. The van der Waals surface area contributed by atoms with Crippen LogP contribution in [0.5, 0.6) is 5.75 Å². The van der Waals surface area contributed by atoms with E-state index in [1.54, 1.807) is 25.1 Å². The number of rotatable bonds is 6. The van der Waals surface area contributed by atoms with Crippen LogP contribution in [0.15, 0.2) is 40.9 Å². The smallest absolute Gasteiger partial charge is 0.338 e. The molecule has 0 bridgehead atoms. The van der Waals surface area contributed by atoms with Crippen LogP contribution in [0.1, 0.15) is 22.8 Å². The van der Waals surface area contributed by atoms with Gasteiger partial charge in [0, 0.05) is 4.47 Å². The lowest BCUT2D eigenvalue weighted by Crippen LogP contribution is -2.20. The minimum absolute atomic E-state index is 0.156. The fraction of sp³-hybridized carbons (Fsp3) is 0.222. The molecule has 0 aromatic heterocycles. The number of carbonyl (C=O) groups is 2. The first-order chi connectivity index (χ1) is 11.9. The number of nitrogens with one attached hydrogen (secondary N) is 1. The maximum absolute atomic E-state index is 12.0. The van der Waals surface area contributed by atoms with Crippen LogP contribution in [0.3, 0.4) is 0 Å². The van der Waals surface area contributed by atoms with Crippen molar-refractivity contribution in [3.05, 3.63) is 57.0 Å². The molecule has 0 aliphatic carbocycles. The zero-order valence-electron chi connectivity index (χ0n) is 13.8. The summed E-state index contributed by atoms with van der Waals surface area (Å²) in [5.41, 5.74) is 1.73. The van der Waals surface area contributed by atoms with E-state index in [0.29, 0.717) is 17.0 Å². The van der Waals surface area contributed by atoms with Gasteiger partial charge in [-0.05, 0) is 55.8 Å². The van der Waals surface area contributed by atoms with Crippen molar-refractivity contribution in [3.63, 3.8) is 0 Å². The summed E-state index contributed by atoms with van der Waals surface area (Å²) in [5, 5.41) is 2.90. The van der Waals surface area contributed by atoms with E-state index < -0.39 is 5.97 Å². The van der Waals surface area contributed by atoms with Gasteiger partial charge in [-0.1, -0.05) is 27.5 Å². The average Bonchev–Trinajstić information content (AvgIpc) is 2.58. The molecule has 0 spiro atoms. The molecule has 0 saturated heterocycles. The highest BCUT2D eigenvalue weighted by atomic mass is 79.9. The fourth-order valence-electron chi connectivity index (χ4n) is 2.00. The van der Waals surface area contributed by atoms with E-state index in [-0.39, 0.29) is 24.1 Å². The summed E-state index contributed by atoms with van der Waals surface area (Å²) in [6.07, 6.45) is 0. The van der Waals surface area contributed by atoms with Crippen LogP contribution in [0.2, 0.25) is 5.02 Å². The van der Waals surface area contributed by atoms with Gasteiger partial charge in [0.25, 0.3) is 5.91 Å². The molecular formula is C18H17BrClNO4. The molecule has 0 atom stereocenters. The fourth-order valence-corrected chi connectivity index (χ4v) is 2.47. The lowest BCUT2D eigenvalue weighted by atomic mass is 10.2. The van der Waals surface area contributed by atoms with Crippen LogP contribution >= 0.6 is 27.5 Å². The molecule has 5 nitrogen and oxygen atoms in total. The summed E-state index contributed by atoms with van der Waals surface area (Å²) >= 11 is 9.51. The molecule has 2 rings (SSSR count). The number of carbonyl (C=O) groups excluding carboxylic acids is 2. The predicted octanol–water partition coefficient (Wildman–Crippen LogP) is 4.61. The summed E-state index contributed by atoms with van der Waals surface area (Å²) in [6.45, 7) is 3.78. The van der Waals surface area contributed by atoms with Crippen LogP contribution in [-0.4, -0.2) is 25.1 Å². The molecule has 2 aromatic carbocycles. The number of anilines is 1. The van der Waals surface area contributed by atoms with E-state index in [2.05, 4.69) is 21.2 Å². The molecule has 0 heterocycles. The maximum atomic E-state index is 12.0. The Bertz CT molecular complexity index is 795. The van der Waals surface area contributed by atoms with Crippen molar-refractivity contribution in [1.82, 2.24) is 0 Å². The highest BCUT2D eigenvalue weighted by Gasteiger charge is 2.12. The quantitative estimate of drug-likeness (QED) is 0.685. The van der Waals surface area contributed by atoms with Crippen molar-refractivity contribution in [2.24, 2.45) is 0 Å². The minimum Gasteiger partial charge on any atom is -0.484 e. The number of esters is 1. The lowest BCUT2D eigenvalue weighted by Gasteiger charge is -2.10. The second-order valence-electron chi connectivity index (χ2n) is 5.16. The Morgan fingerprint density at radius 2 is 1.96 bits per heavy atom. The van der Waals surface area contributed by atoms with Crippen LogP contribution in [-0.2, 0) is 9.53 Å². The monoisotopic (exact) mass is 425 g/mol. The second-order valence-corrected chi connectivity index (χ2v) is 6.42. The van der Waals surface area contributed by atoms with E-state index in [1.165, 1.54) is 6.07 Å². The molecule has 0 radical (unpaired) electrons. The van der Waals surface area contributed by atoms with E-state index >= 15 is 0 Å². The Balaban J connectivity index is 1.95. The van der Waals surface area contributed by atoms with Crippen LogP contribution in [0.25, 0.3) is 0 Å². The highest BCUT2D eigenvalue weighted by Crippen LogP contribution is 2.24. The van der Waals surface area contributed by atoms with Crippen molar-refractivity contribution in [2.75, 3.05) is 18.5 Å². The minimum atomic E-state index is -0.462. The van der Waals surface area contributed by atoms with E-state index in [9.17, 15) is 9.59 Å². The zero-order chi connectivity index (χ0) is 18.4. The summed E-state index contributed by atoms with van der Waals surface area (Å²) in [4.78, 5) is 23.7. The molecule has 0 fully saturated rings. The number of benzene rings is 2. The summed E-state index contributed by atoms with van der Waals surface area (Å²) < 4.78 is 11.3. The van der Waals surface area contributed by atoms with E-state index in [1.807, 2.05) is 19.1 Å². The lowest BCUT2D eigenvalue weighted by molar-refractivity contribution is -0.118. The Kier molecular flexibility index (Phi) is 6.84. The molecule has 1 amide bonds. The first-order valence-corrected chi connectivity index (χ1v) is 8.73. The molecule has 25 heavy (non-hydrogen) atoms. The molecular weight excluding hydrogens is 410 g/mol. The zero-order valence-corrected chi connectivity index (χ0v) is 16.1. The Morgan fingerprint density at radius 1 is 1.20 bits per heavy atom. The van der Waals surface area contributed by atoms with Gasteiger partial charge in [0.15, 0.2) is 6.61 Å². The number of halogens is 2. The van der Waals surface area contributed by atoms with E-state index in [0.717, 1.165) is 10.0 Å². The Morgan fingerprint density at radius 3 is 2.60 bits per heavy atom. The first-order valence-electron chi connectivity index (χ1n) is 7.56. The van der Waals surface area contributed by atoms with Gasteiger partial charge in [0.2, 0.25) is 0 Å². The third-order valence-electron chi connectivity index (χ3n) is 3.25. The largest absolute Gasteiger partial charge is 0.484 e. The van der Waals surface area contributed by atoms with Crippen molar-refractivity contribution >= 4 is 45.1 Å². The standard InChI is InChI=1S/C18H17BrClNO4/c1-3-24-18(23)12-4-7-16(15(20)9-12)21-17(22)10-25-13-5-6-14(19)11(2)8-13/h4-9H,3,10H2,1-2H3,(H,21,22). The topological polar surface area (TPSA) is 64.6 Å². The Hall–Kier alpha value is -2.05. The molecule has 7 heteroatoms. The second kappa shape index (κ2) is 8.87. The summed E-state index contributed by atoms with van der Waals surface area (Å²) in [7, 11) is 0. The van der Waals surface area contributed by atoms with Crippen LogP contribution in [0, 0.1) is 6.92 Å². The highest BCUT2D eigenvalue weighted by molar-refractivity contribution is 9.10. The van der Waals surface area contributed by atoms with Crippen molar-refractivity contribution in [3.8, 4) is 5.75 Å². The van der Waals surface area contributed by atoms with E-state index in [4.69, 9.17) is 21.1 Å². The number of hydrogen-bond acceptors (Lipinski definition) is 4. The number of ether oxygens (including phenoxy) is 2. The normalized spacial score (nSPS) is 10.2. The van der Waals surface area contributed by atoms with Gasteiger partial charge in [-0.3, -0.25) is 4.79 Å². The van der Waals surface area contributed by atoms with Gasteiger partial charge in [-0.2, -0.15) is 0 Å². The third kappa shape index (κ3) is 5.47. The molecule has 0 saturated carbocycles. The average molecular weight is 427 g/mol. The first kappa shape index (κ1) is 19.3. The predicted molar refractivity (Wildman–Crippen MR) is 100 cm³/mol. The van der Waals surface area contributed by atoms with Crippen LogP contribution in [0.4, 0.5) is 5.69 Å². The summed E-state index contributed by atoms with van der Waals surface area (Å²) in [6, 6.07) is 10.0. The Labute approximate surface area is 159 Å². The van der Waals surface area contributed by atoms with Gasteiger partial charge in [0.1, 0.15) is 5.75 Å². The van der Waals surface area contributed by atoms with Crippen molar-refractivity contribution in [2.45, 2.75) is 13.8 Å². The van der Waals surface area contributed by atoms with Crippen LogP contribution < -0.4 is 10.1 Å². The van der Waals surface area contributed by atoms with Gasteiger partial charge in [-0.25, -0.2) is 4.79 Å². The molecule has 2 aromatic rings.